The molecule has 2 aromatic rings. The van der Waals surface area contributed by atoms with Crippen molar-refractivity contribution in [1.82, 2.24) is 9.97 Å². The second kappa shape index (κ2) is 5.46. The monoisotopic (exact) mass is 309 g/mol. The summed E-state index contributed by atoms with van der Waals surface area (Å²) < 4.78 is 0. The topological polar surface area (TPSA) is 57.8 Å². The molecule has 0 atom stereocenters. The summed E-state index contributed by atoms with van der Waals surface area (Å²) in [7, 11) is 0. The normalized spacial score (nSPS) is 13.7. The van der Waals surface area contributed by atoms with Gasteiger partial charge in [-0.05, 0) is 30.5 Å². The minimum atomic E-state index is -0.0830. The molecule has 2 N–H and O–H groups in total. The minimum Gasteiger partial charge on any atom is -0.370 e. The van der Waals surface area contributed by atoms with E-state index in [4.69, 9.17) is 23.2 Å². The lowest BCUT2D eigenvalue weighted by atomic mass is 10.1. The van der Waals surface area contributed by atoms with Crippen molar-refractivity contribution >= 4 is 29.0 Å². The molecule has 0 unspecified atom stereocenters. The van der Waals surface area contributed by atoms with Crippen molar-refractivity contribution < 1.29 is 0 Å². The van der Waals surface area contributed by atoms with Crippen LogP contribution < -0.4 is 10.9 Å². The van der Waals surface area contributed by atoms with Gasteiger partial charge in [0, 0.05) is 23.0 Å². The maximum absolute atomic E-state index is 12.0. The van der Waals surface area contributed by atoms with Crippen molar-refractivity contribution in [2.45, 2.75) is 19.3 Å². The SMILES string of the molecule is O=c1[nH]c(Cc2c(Cl)cccc2Cl)nc2c1CCCN2. The molecule has 1 aromatic heterocycles. The average Bonchev–Trinajstić information content (AvgIpc) is 2.43. The lowest BCUT2D eigenvalue weighted by Gasteiger charge is -2.16. The number of nitrogens with zero attached hydrogens (tertiary/aromatic N) is 1. The number of aromatic amines is 1. The van der Waals surface area contributed by atoms with E-state index in [1.807, 2.05) is 0 Å². The number of benzene rings is 1. The van der Waals surface area contributed by atoms with Crippen LogP contribution in [-0.4, -0.2) is 16.5 Å². The predicted molar refractivity (Wildman–Crippen MR) is 80.9 cm³/mol. The fourth-order valence-corrected chi connectivity index (χ4v) is 2.88. The standard InChI is InChI=1S/C14H13Cl2N3O/c15-10-4-1-5-11(16)9(10)7-12-18-13-8(14(20)19-12)3-2-6-17-13/h1,4-5H,2-3,6-7H2,(H2,17,18,19,20). The summed E-state index contributed by atoms with van der Waals surface area (Å²) in [6.07, 6.45) is 2.12. The number of nitrogens with one attached hydrogen (secondary N) is 2. The van der Waals surface area contributed by atoms with Crippen molar-refractivity contribution in [2.75, 3.05) is 11.9 Å². The molecule has 3 rings (SSSR count). The molecule has 4 nitrogen and oxygen atoms in total. The quantitative estimate of drug-likeness (QED) is 0.896. The van der Waals surface area contributed by atoms with Gasteiger partial charge in [-0.2, -0.15) is 0 Å². The summed E-state index contributed by atoms with van der Waals surface area (Å²) in [5, 5.41) is 4.31. The molecule has 0 aliphatic carbocycles. The molecule has 0 spiro atoms. The third-order valence-corrected chi connectivity index (χ3v) is 4.07. The fraction of sp³-hybridized carbons (Fsp3) is 0.286. The third-order valence-electron chi connectivity index (χ3n) is 3.37. The average molecular weight is 310 g/mol. The molecule has 6 heteroatoms. The van der Waals surface area contributed by atoms with E-state index in [0.29, 0.717) is 28.1 Å². The van der Waals surface area contributed by atoms with Crippen LogP contribution in [0.25, 0.3) is 0 Å². The van der Waals surface area contributed by atoms with Crippen molar-refractivity contribution in [3.63, 3.8) is 0 Å². The number of aromatic nitrogens is 2. The van der Waals surface area contributed by atoms with Crippen LogP contribution in [0.4, 0.5) is 5.82 Å². The van der Waals surface area contributed by atoms with Crippen LogP contribution in [-0.2, 0) is 12.8 Å². The number of halogens is 2. The first-order valence-electron chi connectivity index (χ1n) is 6.44. The van der Waals surface area contributed by atoms with Crippen molar-refractivity contribution in [3.05, 3.63) is 55.5 Å². The van der Waals surface area contributed by atoms with E-state index in [1.54, 1.807) is 18.2 Å². The van der Waals surface area contributed by atoms with Crippen molar-refractivity contribution in [1.29, 1.82) is 0 Å². The maximum atomic E-state index is 12.0. The number of fused-ring (bicyclic) bond motifs is 1. The molecule has 20 heavy (non-hydrogen) atoms. The summed E-state index contributed by atoms with van der Waals surface area (Å²) in [5.74, 6) is 1.25. The van der Waals surface area contributed by atoms with Gasteiger partial charge < -0.3 is 10.3 Å². The number of H-pyrrole nitrogens is 1. The van der Waals surface area contributed by atoms with Crippen LogP contribution in [0.15, 0.2) is 23.0 Å². The van der Waals surface area contributed by atoms with E-state index in [-0.39, 0.29) is 5.56 Å². The largest absolute Gasteiger partial charge is 0.370 e. The molecule has 1 aliphatic rings. The molecule has 1 aliphatic heterocycles. The van der Waals surface area contributed by atoms with E-state index in [0.717, 1.165) is 30.5 Å². The Morgan fingerprint density at radius 2 is 2.00 bits per heavy atom. The Labute approximate surface area is 126 Å². The first kappa shape index (κ1) is 13.5. The smallest absolute Gasteiger partial charge is 0.256 e. The number of hydrogen-bond donors (Lipinski definition) is 2. The molecule has 0 saturated carbocycles. The molecule has 2 heterocycles. The summed E-state index contributed by atoms with van der Waals surface area (Å²) >= 11 is 12.3. The van der Waals surface area contributed by atoms with Crippen LogP contribution in [0.3, 0.4) is 0 Å². The van der Waals surface area contributed by atoms with Gasteiger partial charge in [0.1, 0.15) is 11.6 Å². The van der Waals surface area contributed by atoms with Gasteiger partial charge in [0.15, 0.2) is 0 Å². The zero-order valence-electron chi connectivity index (χ0n) is 10.7. The van der Waals surface area contributed by atoms with Crippen LogP contribution in [0.5, 0.6) is 0 Å². The maximum Gasteiger partial charge on any atom is 0.256 e. The highest BCUT2D eigenvalue weighted by Crippen LogP contribution is 2.26. The minimum absolute atomic E-state index is 0.0830. The Morgan fingerprint density at radius 1 is 1.25 bits per heavy atom. The van der Waals surface area contributed by atoms with Crippen LogP contribution >= 0.6 is 23.2 Å². The number of hydrogen-bond acceptors (Lipinski definition) is 3. The summed E-state index contributed by atoms with van der Waals surface area (Å²) in [6.45, 7) is 0.843. The Balaban J connectivity index is 2.00. The molecular weight excluding hydrogens is 297 g/mol. The Kier molecular flexibility index (Phi) is 3.68. The molecule has 0 radical (unpaired) electrons. The van der Waals surface area contributed by atoms with Crippen LogP contribution in [0.1, 0.15) is 23.4 Å². The van der Waals surface area contributed by atoms with Gasteiger partial charge in [-0.3, -0.25) is 4.79 Å². The van der Waals surface area contributed by atoms with Gasteiger partial charge >= 0.3 is 0 Å². The molecule has 0 fully saturated rings. The van der Waals surface area contributed by atoms with Gasteiger partial charge in [-0.25, -0.2) is 4.98 Å². The van der Waals surface area contributed by atoms with Gasteiger partial charge in [0.2, 0.25) is 0 Å². The lowest BCUT2D eigenvalue weighted by Crippen LogP contribution is -2.25. The van der Waals surface area contributed by atoms with Crippen molar-refractivity contribution in [3.8, 4) is 0 Å². The van der Waals surface area contributed by atoms with E-state index in [2.05, 4.69) is 15.3 Å². The van der Waals surface area contributed by atoms with E-state index in [1.165, 1.54) is 0 Å². The highest BCUT2D eigenvalue weighted by atomic mass is 35.5. The van der Waals surface area contributed by atoms with Gasteiger partial charge in [-0.1, -0.05) is 29.3 Å². The highest BCUT2D eigenvalue weighted by molar-refractivity contribution is 6.36. The molecule has 104 valence electrons. The molecule has 0 bridgehead atoms. The second-order valence-electron chi connectivity index (χ2n) is 4.75. The zero-order chi connectivity index (χ0) is 14.1. The number of rotatable bonds is 2. The van der Waals surface area contributed by atoms with Gasteiger partial charge in [-0.15, -0.1) is 0 Å². The summed E-state index contributed by atoms with van der Waals surface area (Å²) in [5.41, 5.74) is 1.42. The fourth-order valence-electron chi connectivity index (χ4n) is 2.35. The first-order valence-corrected chi connectivity index (χ1v) is 7.19. The summed E-state index contributed by atoms with van der Waals surface area (Å²) in [6, 6.07) is 5.34. The lowest BCUT2D eigenvalue weighted by molar-refractivity contribution is 0.783. The van der Waals surface area contributed by atoms with Gasteiger partial charge in [0.25, 0.3) is 5.56 Å². The molecule has 0 saturated heterocycles. The van der Waals surface area contributed by atoms with E-state index >= 15 is 0 Å². The van der Waals surface area contributed by atoms with Crippen LogP contribution in [0, 0.1) is 0 Å². The highest BCUT2D eigenvalue weighted by Gasteiger charge is 2.16. The predicted octanol–water partition coefficient (Wildman–Crippen LogP) is 3.03. The molecule has 1 aromatic carbocycles. The van der Waals surface area contributed by atoms with E-state index < -0.39 is 0 Å². The third kappa shape index (κ3) is 2.53. The Morgan fingerprint density at radius 3 is 2.75 bits per heavy atom. The van der Waals surface area contributed by atoms with Gasteiger partial charge in [0.05, 0.1) is 5.56 Å². The molecule has 0 amide bonds. The first-order chi connectivity index (χ1) is 9.65. The zero-order valence-corrected chi connectivity index (χ0v) is 12.2. The van der Waals surface area contributed by atoms with E-state index in [9.17, 15) is 4.79 Å². The number of anilines is 1. The van der Waals surface area contributed by atoms with Crippen molar-refractivity contribution in [2.24, 2.45) is 0 Å². The Hall–Kier alpha value is -1.52. The van der Waals surface area contributed by atoms with Crippen LogP contribution in [0.2, 0.25) is 10.0 Å². The Bertz CT molecular complexity index is 692. The second-order valence-corrected chi connectivity index (χ2v) is 5.56. The molecular formula is C14H13Cl2N3O. The summed E-state index contributed by atoms with van der Waals surface area (Å²) in [4.78, 5) is 19.3.